The molecule has 2 aliphatic rings. The third-order valence-electron chi connectivity index (χ3n) is 13.9. The van der Waals surface area contributed by atoms with Gasteiger partial charge in [0.2, 0.25) is 11.8 Å². The number of aryl methyl sites for hydroxylation is 4. The summed E-state index contributed by atoms with van der Waals surface area (Å²) >= 11 is 0. The molecule has 0 aliphatic carbocycles. The van der Waals surface area contributed by atoms with Gasteiger partial charge in [-0.1, -0.05) is 75.5 Å². The van der Waals surface area contributed by atoms with E-state index in [1.54, 1.807) is 68.7 Å². The molecule has 6 heterocycles. The van der Waals surface area contributed by atoms with E-state index in [9.17, 15) is 35.9 Å². The molecule has 402 valence electrons. The number of nitrogens with two attached hydrogens (primary N) is 2. The van der Waals surface area contributed by atoms with E-state index in [-0.39, 0.29) is 39.1 Å². The van der Waals surface area contributed by atoms with Crippen LogP contribution in [0.3, 0.4) is 0 Å². The van der Waals surface area contributed by atoms with Gasteiger partial charge in [0.25, 0.3) is 0 Å². The predicted octanol–water partition coefficient (Wildman–Crippen LogP) is 10.3. The van der Waals surface area contributed by atoms with Gasteiger partial charge in [-0.3, -0.25) is 19.6 Å². The first-order chi connectivity index (χ1) is 34.8. The Hall–Kier alpha value is -6.66. The van der Waals surface area contributed by atoms with Gasteiger partial charge in [-0.25, -0.2) is 19.9 Å². The maximum Gasteiger partial charge on any atom is 0.419 e. The summed E-state index contributed by atoms with van der Waals surface area (Å²) in [7, 11) is 2.12. The monoisotopic (exact) mass is 1040 g/mol. The van der Waals surface area contributed by atoms with Crippen LogP contribution in [0.4, 0.5) is 26.3 Å². The number of pyridine rings is 2. The number of primary amides is 2. The van der Waals surface area contributed by atoms with Crippen LogP contribution >= 0.6 is 0 Å². The number of alkyl halides is 6. The van der Waals surface area contributed by atoms with Crippen LogP contribution < -0.4 is 16.8 Å². The zero-order valence-corrected chi connectivity index (χ0v) is 41.3. The summed E-state index contributed by atoms with van der Waals surface area (Å²) < 4.78 is 82.3. The van der Waals surface area contributed by atoms with Crippen LogP contribution in [0.2, 0.25) is 0 Å². The largest absolute Gasteiger partial charge is 0.419 e. The second-order valence-corrected chi connectivity index (χ2v) is 19.1. The Kier molecular flexibility index (Phi) is 21.1. The molecule has 0 bridgehead atoms. The van der Waals surface area contributed by atoms with Crippen LogP contribution in [0.25, 0.3) is 0 Å². The van der Waals surface area contributed by atoms with Crippen molar-refractivity contribution in [1.82, 2.24) is 40.1 Å². The van der Waals surface area contributed by atoms with Crippen molar-refractivity contribution in [2.75, 3.05) is 33.2 Å². The molecule has 18 heteroatoms. The Morgan fingerprint density at radius 2 is 0.987 bits per heavy atom. The molecule has 2 saturated heterocycles. The van der Waals surface area contributed by atoms with E-state index in [2.05, 4.69) is 47.2 Å². The SMILES string of the molecule is C.C.CC(C(N)=O)c1ccccc1CCc1nc(Cc2ccc(C3CCN(C)CC3)nc2)ncc1C(F)(F)F.CC(C(N)=O)c1ccccc1CCc1nc(Cc2ccc(C3CCNCC3)nc2)ncc1C(F)(F)F. The first-order valence-corrected chi connectivity index (χ1v) is 24.7. The van der Waals surface area contributed by atoms with Crippen LogP contribution in [0.5, 0.6) is 0 Å². The lowest BCUT2D eigenvalue weighted by atomic mass is 9.92. The highest BCUT2D eigenvalue weighted by Gasteiger charge is 2.36. The molecule has 0 saturated carbocycles. The molecule has 12 nitrogen and oxygen atoms in total. The number of carbonyl (C=O) groups excluding carboxylic acids is 2. The third-order valence-corrected chi connectivity index (χ3v) is 13.9. The van der Waals surface area contributed by atoms with Gasteiger partial charge in [0.15, 0.2) is 0 Å². The van der Waals surface area contributed by atoms with Crippen molar-refractivity contribution in [2.24, 2.45) is 11.5 Å². The Morgan fingerprint density at radius 1 is 0.587 bits per heavy atom. The van der Waals surface area contributed by atoms with Crippen molar-refractivity contribution in [1.29, 1.82) is 0 Å². The number of amides is 2. The minimum atomic E-state index is -4.56. The third kappa shape index (κ3) is 16.2. The van der Waals surface area contributed by atoms with Crippen LogP contribution in [-0.2, 0) is 60.5 Å². The van der Waals surface area contributed by atoms with Gasteiger partial charge in [-0.05, 0) is 144 Å². The molecule has 75 heavy (non-hydrogen) atoms. The van der Waals surface area contributed by atoms with E-state index in [1.807, 2.05) is 30.3 Å². The average Bonchev–Trinajstić information content (AvgIpc) is 3.37. The summed E-state index contributed by atoms with van der Waals surface area (Å²) in [5.74, 6) is -0.558. The molecular weight excluding hydrogens is 971 g/mol. The van der Waals surface area contributed by atoms with Gasteiger partial charge in [0.1, 0.15) is 11.6 Å². The highest BCUT2D eigenvalue weighted by atomic mass is 19.4. The number of nitrogens with one attached hydrogen (secondary N) is 1. The molecule has 4 aromatic heterocycles. The Balaban J connectivity index is 0.000000270. The molecule has 0 radical (unpaired) electrons. The molecule has 2 unspecified atom stereocenters. The lowest BCUT2D eigenvalue weighted by Crippen LogP contribution is -2.29. The molecule has 5 N–H and O–H groups in total. The number of aromatic nitrogens is 6. The quantitative estimate of drug-likeness (QED) is 0.0790. The highest BCUT2D eigenvalue weighted by Crippen LogP contribution is 2.34. The van der Waals surface area contributed by atoms with Crippen molar-refractivity contribution >= 4 is 11.8 Å². The van der Waals surface area contributed by atoms with Crippen molar-refractivity contribution in [3.8, 4) is 0 Å². The van der Waals surface area contributed by atoms with Gasteiger partial charge >= 0.3 is 12.4 Å². The van der Waals surface area contributed by atoms with E-state index in [4.69, 9.17) is 11.5 Å². The van der Waals surface area contributed by atoms with Crippen LogP contribution in [0.1, 0.15) is 157 Å². The standard InChI is InChI=1S/C28H32F3N5O.C27H30F3N5O.2CH4/c1-18(27(32)37)22-6-4-3-5-20(22)8-10-25-23(28(29,30)31)17-34-26(35-25)15-19-7-9-24(33-16-19)21-11-13-36(2)14-12-21;1-17(26(31)36)21-5-3-2-4-19(21)7-9-24-22(27(28,29)30)16-34-25(35-24)14-18-6-8-23(33-15-18)20-10-12-32-13-11-20;;/h3-7,9,16-18,21H,8,10-15H2,1-2H3,(H2,32,37);2-6,8,15-17,20,32H,7,9-14H2,1H3,(H2,31,36);2*1H4. The van der Waals surface area contributed by atoms with Crippen molar-refractivity contribution < 1.29 is 35.9 Å². The van der Waals surface area contributed by atoms with Crippen LogP contribution in [0, 0.1) is 0 Å². The fourth-order valence-electron chi connectivity index (χ4n) is 9.47. The lowest BCUT2D eigenvalue weighted by molar-refractivity contribution is -0.139. The maximum absolute atomic E-state index is 13.7. The second kappa shape index (κ2) is 26.7. The number of halogens is 6. The summed E-state index contributed by atoms with van der Waals surface area (Å²) in [6.07, 6.45) is 1.64. The maximum atomic E-state index is 13.7. The number of carbonyl (C=O) groups is 2. The number of benzene rings is 2. The van der Waals surface area contributed by atoms with Gasteiger partial charge in [0.05, 0.1) is 34.4 Å². The summed E-state index contributed by atoms with van der Waals surface area (Å²) in [4.78, 5) is 51.6. The average molecular weight is 1040 g/mol. The first-order valence-electron chi connectivity index (χ1n) is 24.7. The number of hydrogen-bond donors (Lipinski definition) is 3. The van der Waals surface area contributed by atoms with Crippen molar-refractivity contribution in [3.63, 3.8) is 0 Å². The zero-order valence-electron chi connectivity index (χ0n) is 41.3. The Bertz CT molecular complexity index is 2790. The minimum Gasteiger partial charge on any atom is -0.369 e. The topological polar surface area (TPSA) is 179 Å². The number of rotatable bonds is 16. The van der Waals surface area contributed by atoms with E-state index >= 15 is 0 Å². The molecule has 0 spiro atoms. The van der Waals surface area contributed by atoms with Gasteiger partial charge in [-0.15, -0.1) is 0 Å². The smallest absolute Gasteiger partial charge is 0.369 e. The van der Waals surface area contributed by atoms with Gasteiger partial charge < -0.3 is 21.7 Å². The Labute approximate surface area is 436 Å². The molecule has 2 fully saturated rings. The van der Waals surface area contributed by atoms with Crippen LogP contribution in [-0.4, -0.2) is 79.8 Å². The zero-order chi connectivity index (χ0) is 52.3. The molecule has 2 amide bonds. The second-order valence-electron chi connectivity index (χ2n) is 19.1. The van der Waals surface area contributed by atoms with E-state index in [0.717, 1.165) is 97.9 Å². The molecule has 2 aliphatic heterocycles. The summed E-state index contributed by atoms with van der Waals surface area (Å²) in [5, 5.41) is 3.34. The molecular formula is C57H70F6N10O2. The number of piperidine rings is 2. The minimum absolute atomic E-state index is 0. The number of likely N-dealkylation sites (tertiary alicyclic amines) is 1. The fraction of sp³-hybridized carbons (Fsp3) is 0.439. The highest BCUT2D eigenvalue weighted by molar-refractivity contribution is 5.82. The predicted molar refractivity (Wildman–Crippen MR) is 279 cm³/mol. The first kappa shape index (κ1) is 59.2. The molecule has 8 rings (SSSR count). The van der Waals surface area contributed by atoms with Gasteiger partial charge in [0, 0.05) is 60.9 Å². The number of nitrogens with zero attached hydrogens (tertiary/aromatic N) is 7. The molecule has 2 atom stereocenters. The molecule has 6 aromatic rings. The van der Waals surface area contributed by atoms with Gasteiger partial charge in [-0.2, -0.15) is 26.3 Å². The van der Waals surface area contributed by atoms with E-state index in [0.29, 0.717) is 60.3 Å². The lowest BCUT2D eigenvalue weighted by Gasteiger charge is -2.28. The van der Waals surface area contributed by atoms with Crippen molar-refractivity contribution in [3.05, 3.63) is 177 Å². The summed E-state index contributed by atoms with van der Waals surface area (Å²) in [6.45, 7) is 7.42. The normalized spacial score (nSPS) is 15.4. The van der Waals surface area contributed by atoms with E-state index < -0.39 is 47.1 Å². The van der Waals surface area contributed by atoms with Crippen molar-refractivity contribution in [2.45, 2.75) is 129 Å². The summed E-state index contributed by atoms with van der Waals surface area (Å²) in [5.41, 5.74) is 15.9. The fourth-order valence-corrected chi connectivity index (χ4v) is 9.47. The Morgan fingerprint density at radius 3 is 1.36 bits per heavy atom. The summed E-state index contributed by atoms with van der Waals surface area (Å²) in [6, 6.07) is 22.2. The van der Waals surface area contributed by atoms with E-state index in [1.165, 1.54) is 0 Å². The molecule has 2 aromatic carbocycles. The number of hydrogen-bond acceptors (Lipinski definition) is 10. The van der Waals surface area contributed by atoms with Crippen LogP contribution in [0.15, 0.2) is 97.6 Å².